The maximum Gasteiger partial charge on any atom is 0.497 e. The van der Waals surface area contributed by atoms with Crippen molar-refractivity contribution in [3.63, 3.8) is 0 Å². The Labute approximate surface area is 193 Å². The van der Waals surface area contributed by atoms with Crippen LogP contribution in [0.15, 0.2) is 53.5 Å². The molecule has 11 heteroatoms. The zero-order valence-corrected chi connectivity index (χ0v) is 18.1. The number of ether oxygens (including phenoxy) is 1. The molecule has 1 unspecified atom stereocenters. The van der Waals surface area contributed by atoms with Gasteiger partial charge in [-0.2, -0.15) is 18.2 Å². The van der Waals surface area contributed by atoms with E-state index in [1.807, 2.05) is 24.3 Å². The van der Waals surface area contributed by atoms with E-state index in [1.165, 1.54) is 0 Å². The summed E-state index contributed by atoms with van der Waals surface area (Å²) in [4.78, 5) is 25.2. The summed E-state index contributed by atoms with van der Waals surface area (Å²) >= 11 is 0. The predicted octanol–water partition coefficient (Wildman–Crippen LogP) is 4.05. The molecule has 34 heavy (non-hydrogen) atoms. The summed E-state index contributed by atoms with van der Waals surface area (Å²) < 4.78 is 44.1. The number of aliphatic imine (C=N–C) groups is 1. The Morgan fingerprint density at radius 1 is 1.03 bits per heavy atom. The number of para-hydroxylation sites is 2. The lowest BCUT2D eigenvalue weighted by molar-refractivity contribution is -0.222. The number of anilines is 2. The molecule has 2 heterocycles. The van der Waals surface area contributed by atoms with Crippen LogP contribution in [0, 0.1) is 0 Å². The van der Waals surface area contributed by atoms with Crippen LogP contribution in [0.25, 0.3) is 10.9 Å². The summed E-state index contributed by atoms with van der Waals surface area (Å²) in [6.07, 6.45) is -2.73. The molecule has 0 radical (unpaired) electrons. The van der Waals surface area contributed by atoms with Crippen molar-refractivity contribution in [3.05, 3.63) is 54.1 Å². The number of hydrogen-bond acceptors (Lipinski definition) is 7. The van der Waals surface area contributed by atoms with Gasteiger partial charge in [0.2, 0.25) is 12.0 Å². The molecule has 0 bridgehead atoms. The summed E-state index contributed by atoms with van der Waals surface area (Å²) in [5.74, 6) is -2.32. The molecule has 0 amide bonds. The maximum atomic E-state index is 13.1. The van der Waals surface area contributed by atoms with Gasteiger partial charge in [-0.3, -0.25) is 4.84 Å². The number of hydroxylamine groups is 2. The van der Waals surface area contributed by atoms with Crippen molar-refractivity contribution in [2.45, 2.75) is 19.0 Å². The van der Waals surface area contributed by atoms with Gasteiger partial charge in [0, 0.05) is 12.3 Å². The lowest BCUT2D eigenvalue weighted by atomic mass is 10.1. The quantitative estimate of drug-likeness (QED) is 0.289. The summed E-state index contributed by atoms with van der Waals surface area (Å²) in [7, 11) is 0. The van der Waals surface area contributed by atoms with E-state index in [0.717, 1.165) is 11.9 Å². The molecule has 3 aromatic rings. The lowest BCUT2D eigenvalue weighted by Crippen LogP contribution is -2.52. The van der Waals surface area contributed by atoms with Crippen LogP contribution in [0.3, 0.4) is 0 Å². The normalized spacial score (nSPS) is 17.1. The molecule has 0 saturated heterocycles. The summed E-state index contributed by atoms with van der Waals surface area (Å²) in [6, 6.07) is 14.2. The molecular formula is C23H23F3N5O3+. The van der Waals surface area contributed by atoms with Crippen LogP contribution in [-0.4, -0.2) is 43.2 Å². The molecule has 1 atom stereocenters. The van der Waals surface area contributed by atoms with Crippen molar-refractivity contribution < 1.29 is 27.5 Å². The molecule has 4 N–H and O–H groups in total. The van der Waals surface area contributed by atoms with Gasteiger partial charge in [-0.15, -0.1) is 0 Å². The van der Waals surface area contributed by atoms with Crippen LogP contribution < -0.4 is 16.1 Å². The number of hydrogen-bond donors (Lipinski definition) is 2. The minimum Gasteiger partial charge on any atom is -0.399 e. The number of aromatic nitrogens is 1. The van der Waals surface area contributed by atoms with Crippen LogP contribution in [-0.2, 0) is 20.8 Å². The Morgan fingerprint density at radius 3 is 2.53 bits per heavy atom. The smallest absolute Gasteiger partial charge is 0.399 e. The molecule has 178 valence electrons. The van der Waals surface area contributed by atoms with E-state index >= 15 is 0 Å². The standard InChI is InChI=1S/C23H23F3N5O3/c24-23(25,26)22(32)34-31(11-13-33-12-5-7-15-6-1-3-9-17(15)27)14-29-19-20(31)16-8-2-4-10-18(16)30-21(19)28/h1-4,6,8-10,14H,5,7,11-13,27H2,(H2,28,30)/q+1. The number of aryl methyl sites for hydroxylation is 1. The molecule has 2 aromatic carbocycles. The van der Waals surface area contributed by atoms with Crippen molar-refractivity contribution in [1.82, 2.24) is 9.63 Å². The molecule has 0 aliphatic carbocycles. The van der Waals surface area contributed by atoms with Gasteiger partial charge in [-0.05, 0) is 36.6 Å². The van der Waals surface area contributed by atoms with Gasteiger partial charge in [0.1, 0.15) is 6.61 Å². The highest BCUT2D eigenvalue weighted by atomic mass is 19.4. The summed E-state index contributed by atoms with van der Waals surface area (Å²) in [6.45, 7) is 0.196. The van der Waals surface area contributed by atoms with E-state index in [4.69, 9.17) is 21.0 Å². The molecule has 0 spiro atoms. The fourth-order valence-electron chi connectivity index (χ4n) is 3.84. The molecule has 0 saturated carbocycles. The van der Waals surface area contributed by atoms with Gasteiger partial charge in [0.25, 0.3) is 0 Å². The van der Waals surface area contributed by atoms with Gasteiger partial charge >= 0.3 is 12.1 Å². The Hall–Kier alpha value is -3.70. The largest absolute Gasteiger partial charge is 0.497 e. The van der Waals surface area contributed by atoms with Crippen molar-refractivity contribution >= 4 is 46.1 Å². The van der Waals surface area contributed by atoms with Crippen LogP contribution in [0.2, 0.25) is 0 Å². The number of rotatable bonds is 8. The van der Waals surface area contributed by atoms with Gasteiger partial charge in [0.15, 0.2) is 18.1 Å². The first-order chi connectivity index (χ1) is 16.2. The van der Waals surface area contributed by atoms with Crippen LogP contribution in [0.4, 0.5) is 36.1 Å². The number of carbonyl (C=O) groups excluding carboxylic acids is 1. The topological polar surface area (TPSA) is 113 Å². The number of benzene rings is 2. The second-order valence-electron chi connectivity index (χ2n) is 7.77. The number of pyridine rings is 1. The van der Waals surface area contributed by atoms with Crippen molar-refractivity contribution in [3.8, 4) is 0 Å². The highest BCUT2D eigenvalue weighted by Gasteiger charge is 2.52. The first-order valence-electron chi connectivity index (χ1n) is 10.5. The third-order valence-corrected chi connectivity index (χ3v) is 5.45. The molecule has 4 rings (SSSR count). The highest BCUT2D eigenvalue weighted by molar-refractivity contribution is 6.07. The molecule has 1 aliphatic heterocycles. The fraction of sp³-hybridized carbons (Fsp3) is 0.261. The SMILES string of the molecule is Nc1ccccc1CCCOCC[N+]1(OC(=O)C(F)(F)F)C=Nc2c(N)nc3ccccc3c21. The van der Waals surface area contributed by atoms with Gasteiger partial charge in [-0.25, -0.2) is 9.78 Å². The van der Waals surface area contributed by atoms with Crippen molar-refractivity contribution in [2.24, 2.45) is 4.99 Å². The van der Waals surface area contributed by atoms with E-state index in [9.17, 15) is 18.0 Å². The monoisotopic (exact) mass is 474 g/mol. The second kappa shape index (κ2) is 9.27. The van der Waals surface area contributed by atoms with Crippen LogP contribution in [0.5, 0.6) is 0 Å². The molecule has 0 fully saturated rings. The number of carbonyl (C=O) groups is 1. The molecule has 8 nitrogen and oxygen atoms in total. The van der Waals surface area contributed by atoms with Crippen molar-refractivity contribution in [1.29, 1.82) is 0 Å². The number of alkyl halides is 3. The zero-order valence-electron chi connectivity index (χ0n) is 18.1. The van der Waals surface area contributed by atoms with E-state index in [2.05, 4.69) is 9.98 Å². The van der Waals surface area contributed by atoms with Crippen LogP contribution >= 0.6 is 0 Å². The Kier molecular flexibility index (Phi) is 6.40. The van der Waals surface area contributed by atoms with Gasteiger partial charge in [-0.1, -0.05) is 35.0 Å². The first kappa shape index (κ1) is 23.5. The molecule has 1 aliphatic rings. The Morgan fingerprint density at radius 2 is 1.76 bits per heavy atom. The number of nitrogens with zero attached hydrogens (tertiary/aromatic N) is 3. The van der Waals surface area contributed by atoms with Crippen LogP contribution in [0.1, 0.15) is 12.0 Å². The average molecular weight is 474 g/mol. The molecular weight excluding hydrogens is 451 g/mol. The third-order valence-electron chi connectivity index (χ3n) is 5.45. The second-order valence-corrected chi connectivity index (χ2v) is 7.77. The number of fused-ring (bicyclic) bond motifs is 3. The van der Waals surface area contributed by atoms with Gasteiger partial charge in [0.05, 0.1) is 10.9 Å². The van der Waals surface area contributed by atoms with E-state index in [1.54, 1.807) is 24.3 Å². The highest BCUT2D eigenvalue weighted by Crippen LogP contribution is 2.46. The minimum atomic E-state index is -5.19. The average Bonchev–Trinajstić information content (AvgIpc) is 3.17. The first-order valence-corrected chi connectivity index (χ1v) is 10.5. The van der Waals surface area contributed by atoms with E-state index < -0.39 is 16.8 Å². The Bertz CT molecular complexity index is 1250. The van der Waals surface area contributed by atoms with Crippen molar-refractivity contribution in [2.75, 3.05) is 31.2 Å². The summed E-state index contributed by atoms with van der Waals surface area (Å²) in [5.41, 5.74) is 14.4. The van der Waals surface area contributed by atoms with E-state index in [0.29, 0.717) is 36.0 Å². The number of quaternary nitrogens is 1. The third kappa shape index (κ3) is 4.66. The zero-order chi connectivity index (χ0) is 24.3. The van der Waals surface area contributed by atoms with E-state index in [-0.39, 0.29) is 30.3 Å². The molecule has 1 aromatic heterocycles. The van der Waals surface area contributed by atoms with Gasteiger partial charge < -0.3 is 16.2 Å². The fourth-order valence-corrected chi connectivity index (χ4v) is 3.84. The minimum absolute atomic E-state index is 0.00256. The summed E-state index contributed by atoms with van der Waals surface area (Å²) in [5, 5.41) is 0.471. The number of halogens is 3. The number of nitrogens with two attached hydrogens (primary N) is 2. The predicted molar refractivity (Wildman–Crippen MR) is 123 cm³/mol. The lowest BCUT2D eigenvalue weighted by Gasteiger charge is -2.28. The number of nitrogen functional groups attached to an aromatic ring is 2. The Balaban J connectivity index is 1.53. The maximum absolute atomic E-state index is 13.1.